The largest absolute Gasteiger partial charge is 0.267 e. The second-order valence-corrected chi connectivity index (χ2v) is 5.75. The van der Waals surface area contributed by atoms with E-state index < -0.39 is 0 Å². The van der Waals surface area contributed by atoms with Crippen molar-refractivity contribution in [2.75, 3.05) is 0 Å². The van der Waals surface area contributed by atoms with E-state index in [9.17, 15) is 0 Å². The Kier molecular flexibility index (Phi) is 3.18. The first-order chi connectivity index (χ1) is 8.34. The SMILES string of the molecule is Cc1nc(C(C)C)c2c(C(C)C)nn(C)c2c1C. The van der Waals surface area contributed by atoms with E-state index in [1.54, 1.807) is 0 Å². The Morgan fingerprint density at radius 3 is 2.00 bits per heavy atom. The lowest BCUT2D eigenvalue weighted by molar-refractivity contribution is 0.727. The van der Waals surface area contributed by atoms with Crippen molar-refractivity contribution in [3.63, 3.8) is 0 Å². The summed E-state index contributed by atoms with van der Waals surface area (Å²) in [6.07, 6.45) is 0. The van der Waals surface area contributed by atoms with Crippen LogP contribution in [0.15, 0.2) is 0 Å². The molecular formula is C15H23N3. The Labute approximate surface area is 109 Å². The average molecular weight is 245 g/mol. The molecule has 2 aromatic heterocycles. The molecule has 0 unspecified atom stereocenters. The second-order valence-electron chi connectivity index (χ2n) is 5.75. The highest BCUT2D eigenvalue weighted by Crippen LogP contribution is 2.33. The molecule has 0 aliphatic rings. The van der Waals surface area contributed by atoms with E-state index in [-0.39, 0.29) is 0 Å². The van der Waals surface area contributed by atoms with Gasteiger partial charge in [0.1, 0.15) is 0 Å². The average Bonchev–Trinajstić information content (AvgIpc) is 2.61. The molecule has 0 amide bonds. The number of hydrogen-bond donors (Lipinski definition) is 0. The Morgan fingerprint density at radius 2 is 1.50 bits per heavy atom. The molecule has 3 heteroatoms. The van der Waals surface area contributed by atoms with Crippen LogP contribution in [0.25, 0.3) is 10.9 Å². The fourth-order valence-electron chi connectivity index (χ4n) is 2.54. The number of hydrogen-bond acceptors (Lipinski definition) is 2. The van der Waals surface area contributed by atoms with Crippen LogP contribution in [0.5, 0.6) is 0 Å². The molecule has 2 aromatic rings. The molecule has 0 atom stereocenters. The second kappa shape index (κ2) is 4.38. The molecule has 0 saturated heterocycles. The summed E-state index contributed by atoms with van der Waals surface area (Å²) in [5, 5.41) is 5.98. The topological polar surface area (TPSA) is 30.7 Å². The molecule has 3 nitrogen and oxygen atoms in total. The van der Waals surface area contributed by atoms with Crippen LogP contribution in [0.2, 0.25) is 0 Å². The van der Waals surface area contributed by atoms with E-state index in [4.69, 9.17) is 10.1 Å². The molecule has 2 rings (SSSR count). The normalized spacial score (nSPS) is 12.1. The van der Waals surface area contributed by atoms with Crippen LogP contribution in [-0.4, -0.2) is 14.8 Å². The minimum absolute atomic E-state index is 0.425. The summed E-state index contributed by atoms with van der Waals surface area (Å²) in [4.78, 5) is 4.80. The Morgan fingerprint density at radius 1 is 0.944 bits per heavy atom. The van der Waals surface area contributed by atoms with Crippen LogP contribution in [0, 0.1) is 13.8 Å². The summed E-state index contributed by atoms with van der Waals surface area (Å²) in [7, 11) is 2.03. The maximum Gasteiger partial charge on any atom is 0.0747 e. The van der Waals surface area contributed by atoms with Crippen LogP contribution in [-0.2, 0) is 7.05 Å². The lowest BCUT2D eigenvalue weighted by Crippen LogP contribution is -2.01. The van der Waals surface area contributed by atoms with Gasteiger partial charge in [-0.1, -0.05) is 27.7 Å². The van der Waals surface area contributed by atoms with Gasteiger partial charge in [-0.25, -0.2) is 0 Å². The maximum absolute atomic E-state index is 4.80. The number of pyridine rings is 1. The molecule has 0 aromatic carbocycles. The zero-order valence-electron chi connectivity index (χ0n) is 12.5. The zero-order valence-corrected chi connectivity index (χ0v) is 12.5. The molecule has 0 aliphatic heterocycles. The van der Waals surface area contributed by atoms with Gasteiger partial charge < -0.3 is 0 Å². The van der Waals surface area contributed by atoms with Crippen LogP contribution >= 0.6 is 0 Å². The first-order valence-corrected chi connectivity index (χ1v) is 6.68. The summed E-state index contributed by atoms with van der Waals surface area (Å²) in [5.41, 5.74) is 5.97. The van der Waals surface area contributed by atoms with Gasteiger partial charge in [0.2, 0.25) is 0 Å². The predicted molar refractivity (Wildman–Crippen MR) is 76.2 cm³/mol. The van der Waals surface area contributed by atoms with E-state index in [2.05, 4.69) is 41.5 Å². The van der Waals surface area contributed by atoms with Crippen LogP contribution in [0.3, 0.4) is 0 Å². The van der Waals surface area contributed by atoms with Gasteiger partial charge in [0.15, 0.2) is 0 Å². The molecule has 0 fully saturated rings. The number of fused-ring (bicyclic) bond motifs is 1. The number of rotatable bonds is 2. The quantitative estimate of drug-likeness (QED) is 0.805. The third kappa shape index (κ3) is 1.82. The van der Waals surface area contributed by atoms with E-state index in [0.29, 0.717) is 11.8 Å². The Balaban J connectivity index is 2.97. The third-order valence-corrected chi connectivity index (χ3v) is 3.61. The highest BCUT2D eigenvalue weighted by Gasteiger charge is 2.20. The van der Waals surface area contributed by atoms with Crippen molar-refractivity contribution in [1.29, 1.82) is 0 Å². The number of aromatic nitrogens is 3. The van der Waals surface area contributed by atoms with Crippen LogP contribution < -0.4 is 0 Å². The minimum Gasteiger partial charge on any atom is -0.267 e. The van der Waals surface area contributed by atoms with Gasteiger partial charge in [-0.05, 0) is 31.2 Å². The Bertz CT molecular complexity index is 592. The summed E-state index contributed by atoms with van der Waals surface area (Å²) in [6.45, 7) is 13.0. The fraction of sp³-hybridized carbons (Fsp3) is 0.600. The maximum atomic E-state index is 4.80. The summed E-state index contributed by atoms with van der Waals surface area (Å²) >= 11 is 0. The smallest absolute Gasteiger partial charge is 0.0747 e. The van der Waals surface area contributed by atoms with Crippen LogP contribution in [0.4, 0.5) is 0 Å². The molecule has 0 N–H and O–H groups in total. The lowest BCUT2D eigenvalue weighted by Gasteiger charge is -2.12. The van der Waals surface area contributed by atoms with Gasteiger partial charge >= 0.3 is 0 Å². The molecule has 98 valence electrons. The van der Waals surface area contributed by atoms with Gasteiger partial charge in [0, 0.05) is 18.1 Å². The van der Waals surface area contributed by atoms with E-state index in [0.717, 1.165) is 5.69 Å². The molecule has 2 heterocycles. The summed E-state index contributed by atoms with van der Waals surface area (Å²) in [6, 6.07) is 0. The van der Waals surface area contributed by atoms with E-state index >= 15 is 0 Å². The van der Waals surface area contributed by atoms with Crippen molar-refractivity contribution in [3.8, 4) is 0 Å². The van der Waals surface area contributed by atoms with Crippen molar-refractivity contribution < 1.29 is 0 Å². The van der Waals surface area contributed by atoms with E-state index in [1.807, 2.05) is 11.7 Å². The predicted octanol–water partition coefficient (Wildman–Crippen LogP) is 3.83. The molecule has 0 bridgehead atoms. The molecule has 18 heavy (non-hydrogen) atoms. The summed E-state index contributed by atoms with van der Waals surface area (Å²) < 4.78 is 2.01. The highest BCUT2D eigenvalue weighted by atomic mass is 15.3. The number of nitrogens with zero attached hydrogens (tertiary/aromatic N) is 3. The van der Waals surface area contributed by atoms with Gasteiger partial charge in [-0.15, -0.1) is 0 Å². The van der Waals surface area contributed by atoms with Crippen molar-refractivity contribution in [1.82, 2.24) is 14.8 Å². The van der Waals surface area contributed by atoms with Crippen molar-refractivity contribution in [2.45, 2.75) is 53.4 Å². The van der Waals surface area contributed by atoms with Crippen molar-refractivity contribution >= 4 is 10.9 Å². The first-order valence-electron chi connectivity index (χ1n) is 6.68. The van der Waals surface area contributed by atoms with Crippen molar-refractivity contribution in [2.24, 2.45) is 7.05 Å². The highest BCUT2D eigenvalue weighted by molar-refractivity contribution is 5.88. The van der Waals surface area contributed by atoms with E-state index in [1.165, 1.54) is 27.9 Å². The number of aryl methyl sites for hydroxylation is 3. The monoisotopic (exact) mass is 245 g/mol. The molecule has 0 radical (unpaired) electrons. The first kappa shape index (κ1) is 13.1. The van der Waals surface area contributed by atoms with Gasteiger partial charge in [-0.3, -0.25) is 9.67 Å². The van der Waals surface area contributed by atoms with Gasteiger partial charge in [0.05, 0.1) is 16.9 Å². The molecule has 0 spiro atoms. The third-order valence-electron chi connectivity index (χ3n) is 3.61. The molecule has 0 aliphatic carbocycles. The summed E-state index contributed by atoms with van der Waals surface area (Å²) in [5.74, 6) is 0.851. The van der Waals surface area contributed by atoms with Gasteiger partial charge in [0.25, 0.3) is 0 Å². The van der Waals surface area contributed by atoms with Gasteiger partial charge in [-0.2, -0.15) is 5.10 Å². The standard InChI is InChI=1S/C15H23N3/c1-8(2)13-12-14(9(3)4)17-18(7)15(12)10(5)11(6)16-13/h8-9H,1-7H3. The Hall–Kier alpha value is -1.38. The zero-order chi connectivity index (χ0) is 13.6. The van der Waals surface area contributed by atoms with Crippen LogP contribution in [0.1, 0.15) is 62.2 Å². The lowest BCUT2D eigenvalue weighted by atomic mass is 9.97. The molecular weight excluding hydrogens is 222 g/mol. The molecule has 0 saturated carbocycles. The minimum atomic E-state index is 0.425. The van der Waals surface area contributed by atoms with Crippen molar-refractivity contribution in [3.05, 3.63) is 22.6 Å². The fourth-order valence-corrected chi connectivity index (χ4v) is 2.54.